The Morgan fingerprint density at radius 3 is 2.50 bits per heavy atom. The lowest BCUT2D eigenvalue weighted by molar-refractivity contribution is -0.149. The first-order valence-electron chi connectivity index (χ1n) is 8.91. The molecule has 0 spiro atoms. The fraction of sp³-hybridized carbons (Fsp3) is 0.765. The fourth-order valence-electron chi connectivity index (χ4n) is 3.38. The maximum absolute atomic E-state index is 12.6. The summed E-state index contributed by atoms with van der Waals surface area (Å²) in [5.74, 6) is -1.65. The van der Waals surface area contributed by atoms with Crippen molar-refractivity contribution in [2.45, 2.75) is 64.1 Å². The molecule has 1 heterocycles. The van der Waals surface area contributed by atoms with E-state index in [1.807, 2.05) is 0 Å². The lowest BCUT2D eigenvalue weighted by atomic mass is 10.1. The summed E-state index contributed by atoms with van der Waals surface area (Å²) in [6.07, 6.45) is 2.88. The number of ether oxygens (including phenoxy) is 1. The topological polar surface area (TPSA) is 113 Å². The molecule has 2 N–H and O–H groups in total. The number of carbonyl (C=O) groups is 4. The molecule has 0 aromatic carbocycles. The van der Waals surface area contributed by atoms with Gasteiger partial charge in [0.1, 0.15) is 12.1 Å². The van der Waals surface area contributed by atoms with E-state index in [0.717, 1.165) is 37.4 Å². The third kappa shape index (κ3) is 5.62. The smallest absolute Gasteiger partial charge is 0.407 e. The molecule has 146 valence electrons. The molecule has 2 fully saturated rings. The van der Waals surface area contributed by atoms with Gasteiger partial charge in [-0.25, -0.2) is 9.59 Å². The second-order valence-corrected chi connectivity index (χ2v) is 8.13. The molecule has 2 aliphatic rings. The minimum Gasteiger partial charge on any atom is -0.480 e. The molecule has 8 nitrogen and oxygen atoms in total. The van der Waals surface area contributed by atoms with Gasteiger partial charge in [-0.2, -0.15) is 0 Å². The fourth-order valence-corrected chi connectivity index (χ4v) is 4.01. The second kappa shape index (κ2) is 9.25. The average molecular weight is 386 g/mol. The maximum Gasteiger partial charge on any atom is 0.407 e. The van der Waals surface area contributed by atoms with Crippen LogP contribution >= 0.6 is 11.8 Å². The Balaban J connectivity index is 1.91. The summed E-state index contributed by atoms with van der Waals surface area (Å²) in [6, 6.07) is -0.905. The number of carboxylic acids is 1. The van der Waals surface area contributed by atoms with Crippen molar-refractivity contribution in [2.24, 2.45) is 5.92 Å². The molecule has 3 atom stereocenters. The third-order valence-corrected chi connectivity index (χ3v) is 5.81. The lowest BCUT2D eigenvalue weighted by Crippen LogP contribution is -2.43. The lowest BCUT2D eigenvalue weighted by Gasteiger charge is -2.24. The molecule has 0 aromatic rings. The van der Waals surface area contributed by atoms with E-state index >= 15 is 0 Å². The van der Waals surface area contributed by atoms with Crippen LogP contribution in [0.1, 0.15) is 46.0 Å². The standard InChI is InChI=1S/C17H26N2O6S/c1-10(9-26-11(2)20)15(21)19-8-13(7-14(19)16(22)23)25-17(24)18-12-5-3-4-6-12/h10,12-14H,3-9H2,1-2H3,(H,18,24)(H,22,23)/t10?,13-,14+/m1/s1. The van der Waals surface area contributed by atoms with E-state index in [4.69, 9.17) is 4.74 Å². The predicted molar refractivity (Wildman–Crippen MR) is 95.7 cm³/mol. The second-order valence-electron chi connectivity index (χ2n) is 6.94. The highest BCUT2D eigenvalue weighted by Crippen LogP contribution is 2.25. The summed E-state index contributed by atoms with van der Waals surface area (Å²) in [5.41, 5.74) is 0. The highest BCUT2D eigenvalue weighted by atomic mass is 32.2. The highest BCUT2D eigenvalue weighted by molar-refractivity contribution is 8.13. The molecule has 1 saturated heterocycles. The van der Waals surface area contributed by atoms with Gasteiger partial charge in [-0.15, -0.1) is 0 Å². The normalized spacial score (nSPS) is 24.3. The van der Waals surface area contributed by atoms with E-state index in [1.165, 1.54) is 11.8 Å². The van der Waals surface area contributed by atoms with Crippen molar-refractivity contribution < 1.29 is 29.0 Å². The van der Waals surface area contributed by atoms with E-state index in [2.05, 4.69) is 5.32 Å². The van der Waals surface area contributed by atoms with Crippen LogP contribution in [-0.4, -0.2) is 63.6 Å². The van der Waals surface area contributed by atoms with Gasteiger partial charge < -0.3 is 20.1 Å². The van der Waals surface area contributed by atoms with Crippen molar-refractivity contribution >= 4 is 34.8 Å². The van der Waals surface area contributed by atoms with Crippen LogP contribution in [0.2, 0.25) is 0 Å². The van der Waals surface area contributed by atoms with Crippen LogP contribution in [0.4, 0.5) is 4.79 Å². The molecule has 1 saturated carbocycles. The Kier molecular flexibility index (Phi) is 7.31. The molecular formula is C17H26N2O6S. The van der Waals surface area contributed by atoms with Gasteiger partial charge in [0, 0.05) is 31.1 Å². The van der Waals surface area contributed by atoms with Gasteiger partial charge in [0.2, 0.25) is 5.91 Å². The zero-order valence-electron chi connectivity index (χ0n) is 15.1. The Bertz CT molecular complexity index is 563. The van der Waals surface area contributed by atoms with Crippen LogP contribution < -0.4 is 5.32 Å². The molecule has 2 rings (SSSR count). The molecule has 0 bridgehead atoms. The highest BCUT2D eigenvalue weighted by Gasteiger charge is 2.42. The van der Waals surface area contributed by atoms with Crippen LogP contribution in [0.3, 0.4) is 0 Å². The van der Waals surface area contributed by atoms with Gasteiger partial charge in [-0.3, -0.25) is 9.59 Å². The molecule has 0 radical (unpaired) electrons. The number of aliphatic carboxylic acids is 1. The largest absolute Gasteiger partial charge is 0.480 e. The number of alkyl carbamates (subject to hydrolysis) is 1. The van der Waals surface area contributed by atoms with Crippen molar-refractivity contribution in [3.05, 3.63) is 0 Å². The van der Waals surface area contributed by atoms with Crippen molar-refractivity contribution in [2.75, 3.05) is 12.3 Å². The number of thioether (sulfide) groups is 1. The molecule has 1 aliphatic heterocycles. The number of carboxylic acid groups (broad SMARTS) is 1. The molecule has 1 unspecified atom stereocenters. The monoisotopic (exact) mass is 386 g/mol. The number of nitrogens with one attached hydrogen (secondary N) is 1. The van der Waals surface area contributed by atoms with E-state index in [-0.39, 0.29) is 30.0 Å². The number of carbonyl (C=O) groups excluding carboxylic acids is 3. The zero-order chi connectivity index (χ0) is 19.3. The molecule has 0 aromatic heterocycles. The van der Waals surface area contributed by atoms with E-state index in [0.29, 0.717) is 5.75 Å². The van der Waals surface area contributed by atoms with Gasteiger partial charge in [0.25, 0.3) is 0 Å². The Labute approximate surface area is 157 Å². The summed E-state index contributed by atoms with van der Waals surface area (Å²) in [4.78, 5) is 48.4. The number of amides is 2. The van der Waals surface area contributed by atoms with Crippen molar-refractivity contribution in [1.82, 2.24) is 10.2 Å². The van der Waals surface area contributed by atoms with Crippen molar-refractivity contribution in [3.8, 4) is 0 Å². The van der Waals surface area contributed by atoms with Gasteiger partial charge in [0.15, 0.2) is 5.12 Å². The predicted octanol–water partition coefficient (Wildman–Crippen LogP) is 1.63. The molecule has 1 aliphatic carbocycles. The van der Waals surface area contributed by atoms with Crippen LogP contribution in [0.25, 0.3) is 0 Å². The molecular weight excluding hydrogens is 360 g/mol. The van der Waals surface area contributed by atoms with Gasteiger partial charge in [-0.1, -0.05) is 31.5 Å². The number of likely N-dealkylation sites (tertiary alicyclic amines) is 1. The third-order valence-electron chi connectivity index (χ3n) is 4.74. The Morgan fingerprint density at radius 1 is 1.27 bits per heavy atom. The average Bonchev–Trinajstić information content (AvgIpc) is 3.21. The van der Waals surface area contributed by atoms with Crippen LogP contribution in [-0.2, 0) is 19.1 Å². The summed E-state index contributed by atoms with van der Waals surface area (Å²) in [7, 11) is 0. The number of nitrogens with zero attached hydrogens (tertiary/aromatic N) is 1. The first kappa shape index (κ1) is 20.5. The first-order chi connectivity index (χ1) is 12.3. The molecule has 9 heteroatoms. The van der Waals surface area contributed by atoms with Crippen LogP contribution in [0.5, 0.6) is 0 Å². The summed E-state index contributed by atoms with van der Waals surface area (Å²) >= 11 is 1.04. The Morgan fingerprint density at radius 2 is 1.92 bits per heavy atom. The van der Waals surface area contributed by atoms with E-state index in [1.54, 1.807) is 6.92 Å². The minimum absolute atomic E-state index is 0.0585. The number of hydrogen-bond donors (Lipinski definition) is 2. The minimum atomic E-state index is -1.12. The van der Waals surface area contributed by atoms with Crippen molar-refractivity contribution in [1.29, 1.82) is 0 Å². The maximum atomic E-state index is 12.6. The number of hydrogen-bond acceptors (Lipinski definition) is 6. The molecule has 2 amide bonds. The van der Waals surface area contributed by atoms with E-state index < -0.39 is 30.1 Å². The first-order valence-corrected chi connectivity index (χ1v) is 9.90. The summed E-state index contributed by atoms with van der Waals surface area (Å²) in [5, 5.41) is 12.1. The van der Waals surface area contributed by atoms with Crippen LogP contribution in [0, 0.1) is 5.92 Å². The van der Waals surface area contributed by atoms with Gasteiger partial charge >= 0.3 is 12.1 Å². The Hall–Kier alpha value is -1.77. The summed E-state index contributed by atoms with van der Waals surface area (Å²) < 4.78 is 5.35. The quantitative estimate of drug-likeness (QED) is 0.713. The van der Waals surface area contributed by atoms with Crippen LogP contribution in [0.15, 0.2) is 0 Å². The van der Waals surface area contributed by atoms with Crippen molar-refractivity contribution in [3.63, 3.8) is 0 Å². The van der Waals surface area contributed by atoms with Gasteiger partial charge in [-0.05, 0) is 12.8 Å². The number of rotatable bonds is 6. The zero-order valence-corrected chi connectivity index (χ0v) is 15.9. The summed E-state index contributed by atoms with van der Waals surface area (Å²) in [6.45, 7) is 3.14. The van der Waals surface area contributed by atoms with Gasteiger partial charge in [0.05, 0.1) is 6.54 Å². The SMILES string of the molecule is CC(=O)SCC(C)C(=O)N1C[C@H](OC(=O)NC2CCCC2)C[C@H]1C(=O)O. The molecule has 26 heavy (non-hydrogen) atoms. The van der Waals surface area contributed by atoms with E-state index in [9.17, 15) is 24.3 Å².